The smallest absolute Gasteiger partial charge is 0.276 e. The SMILES string of the molecule is Cc1ccc([C@@H](O)Cn2ccn3nc(-c4ccccc4C)cc3c2=O)c(C)c1. The number of aromatic nitrogens is 3. The molecule has 28 heavy (non-hydrogen) atoms. The first kappa shape index (κ1) is 18.2. The van der Waals surface area contributed by atoms with Crippen molar-refractivity contribution in [1.82, 2.24) is 14.2 Å². The highest BCUT2D eigenvalue weighted by Gasteiger charge is 2.15. The standard InChI is InChI=1S/C23H23N3O2/c1-15-8-9-19(17(3)12-15)22(27)14-25-10-11-26-21(23(25)28)13-20(24-26)18-7-5-4-6-16(18)2/h4-13,22,27H,14H2,1-3H3/t22-/m0/s1. The summed E-state index contributed by atoms with van der Waals surface area (Å²) in [6.45, 7) is 6.22. The van der Waals surface area contributed by atoms with E-state index in [1.54, 1.807) is 21.5 Å². The number of rotatable bonds is 4. The van der Waals surface area contributed by atoms with Gasteiger partial charge in [-0.05, 0) is 43.5 Å². The van der Waals surface area contributed by atoms with Gasteiger partial charge in [0.2, 0.25) is 0 Å². The fraction of sp³-hybridized carbons (Fsp3) is 0.217. The lowest BCUT2D eigenvalue weighted by Crippen LogP contribution is -2.24. The Balaban J connectivity index is 1.70. The first-order chi connectivity index (χ1) is 13.4. The number of hydrogen-bond acceptors (Lipinski definition) is 3. The van der Waals surface area contributed by atoms with Gasteiger partial charge in [-0.15, -0.1) is 0 Å². The second kappa shape index (κ2) is 7.09. The Labute approximate surface area is 163 Å². The average molecular weight is 373 g/mol. The second-order valence-corrected chi connectivity index (χ2v) is 7.31. The third-order valence-electron chi connectivity index (χ3n) is 5.18. The van der Waals surface area contributed by atoms with Gasteiger partial charge in [-0.25, -0.2) is 4.52 Å². The lowest BCUT2D eigenvalue weighted by Gasteiger charge is -2.16. The molecule has 2 aromatic heterocycles. The Morgan fingerprint density at radius 2 is 1.79 bits per heavy atom. The minimum Gasteiger partial charge on any atom is -0.387 e. The highest BCUT2D eigenvalue weighted by Crippen LogP contribution is 2.23. The van der Waals surface area contributed by atoms with E-state index < -0.39 is 6.10 Å². The van der Waals surface area contributed by atoms with Crippen LogP contribution in [0.15, 0.2) is 65.7 Å². The number of aliphatic hydroxyl groups is 1. The molecule has 4 rings (SSSR count). The lowest BCUT2D eigenvalue weighted by molar-refractivity contribution is 0.154. The van der Waals surface area contributed by atoms with Crippen LogP contribution in [-0.4, -0.2) is 19.3 Å². The molecule has 142 valence electrons. The number of benzene rings is 2. The van der Waals surface area contributed by atoms with Crippen LogP contribution in [0.4, 0.5) is 0 Å². The number of aryl methyl sites for hydroxylation is 3. The molecule has 5 nitrogen and oxygen atoms in total. The van der Waals surface area contributed by atoms with Crippen molar-refractivity contribution in [3.63, 3.8) is 0 Å². The van der Waals surface area contributed by atoms with E-state index in [0.29, 0.717) is 5.52 Å². The van der Waals surface area contributed by atoms with E-state index in [1.165, 1.54) is 0 Å². The van der Waals surface area contributed by atoms with Crippen molar-refractivity contribution in [3.8, 4) is 11.3 Å². The molecule has 1 N–H and O–H groups in total. The van der Waals surface area contributed by atoms with Crippen LogP contribution in [0.5, 0.6) is 0 Å². The van der Waals surface area contributed by atoms with E-state index in [0.717, 1.165) is 33.5 Å². The van der Waals surface area contributed by atoms with Crippen molar-refractivity contribution in [1.29, 1.82) is 0 Å². The summed E-state index contributed by atoms with van der Waals surface area (Å²) in [7, 11) is 0. The molecule has 0 amide bonds. The van der Waals surface area contributed by atoms with Gasteiger partial charge in [0.1, 0.15) is 5.52 Å². The van der Waals surface area contributed by atoms with Crippen LogP contribution in [0, 0.1) is 20.8 Å². The lowest BCUT2D eigenvalue weighted by atomic mass is 10.0. The molecule has 2 aromatic carbocycles. The summed E-state index contributed by atoms with van der Waals surface area (Å²) in [5, 5.41) is 15.2. The maximum atomic E-state index is 13.0. The zero-order chi connectivity index (χ0) is 19.8. The normalized spacial score (nSPS) is 12.4. The molecular weight excluding hydrogens is 350 g/mol. The van der Waals surface area contributed by atoms with E-state index in [1.807, 2.05) is 69.3 Å². The topological polar surface area (TPSA) is 59.5 Å². The van der Waals surface area contributed by atoms with Crippen molar-refractivity contribution in [2.24, 2.45) is 0 Å². The summed E-state index contributed by atoms with van der Waals surface area (Å²) in [6, 6.07) is 15.7. The summed E-state index contributed by atoms with van der Waals surface area (Å²) < 4.78 is 3.15. The molecule has 0 saturated carbocycles. The van der Waals surface area contributed by atoms with Crippen molar-refractivity contribution >= 4 is 5.52 Å². The van der Waals surface area contributed by atoms with Crippen LogP contribution < -0.4 is 5.56 Å². The Bertz CT molecular complexity index is 1220. The molecule has 0 unspecified atom stereocenters. The predicted molar refractivity (Wildman–Crippen MR) is 111 cm³/mol. The van der Waals surface area contributed by atoms with E-state index in [-0.39, 0.29) is 12.1 Å². The van der Waals surface area contributed by atoms with Crippen molar-refractivity contribution < 1.29 is 5.11 Å². The van der Waals surface area contributed by atoms with Gasteiger partial charge in [0.05, 0.1) is 18.3 Å². The van der Waals surface area contributed by atoms with Crippen LogP contribution in [0.1, 0.15) is 28.4 Å². The first-order valence-electron chi connectivity index (χ1n) is 9.34. The first-order valence-corrected chi connectivity index (χ1v) is 9.34. The summed E-state index contributed by atoms with van der Waals surface area (Å²) in [5.74, 6) is 0. The molecule has 0 aliphatic heterocycles. The zero-order valence-electron chi connectivity index (χ0n) is 16.3. The minimum absolute atomic E-state index is 0.168. The van der Waals surface area contributed by atoms with Gasteiger partial charge >= 0.3 is 0 Å². The monoisotopic (exact) mass is 373 g/mol. The molecule has 5 heteroatoms. The summed E-state index contributed by atoms with van der Waals surface area (Å²) in [4.78, 5) is 13.0. The Hall–Kier alpha value is -3.18. The van der Waals surface area contributed by atoms with Crippen LogP contribution in [-0.2, 0) is 6.54 Å². The van der Waals surface area contributed by atoms with E-state index in [4.69, 9.17) is 0 Å². The summed E-state index contributed by atoms with van der Waals surface area (Å²) >= 11 is 0. The quantitative estimate of drug-likeness (QED) is 0.592. The van der Waals surface area contributed by atoms with Crippen molar-refractivity contribution in [2.75, 3.05) is 0 Å². The minimum atomic E-state index is -0.750. The van der Waals surface area contributed by atoms with Crippen molar-refractivity contribution in [3.05, 3.63) is 93.5 Å². The Kier molecular flexibility index (Phi) is 4.61. The summed E-state index contributed by atoms with van der Waals surface area (Å²) in [6.07, 6.45) is 2.68. The Morgan fingerprint density at radius 3 is 2.54 bits per heavy atom. The molecule has 4 aromatic rings. The molecule has 0 spiro atoms. The average Bonchev–Trinajstić information content (AvgIpc) is 3.09. The third-order valence-corrected chi connectivity index (χ3v) is 5.18. The number of fused-ring (bicyclic) bond motifs is 1. The van der Waals surface area contributed by atoms with Gasteiger partial charge in [-0.3, -0.25) is 4.79 Å². The fourth-order valence-corrected chi connectivity index (χ4v) is 3.65. The third kappa shape index (κ3) is 3.25. The maximum absolute atomic E-state index is 13.0. The van der Waals surface area contributed by atoms with Crippen LogP contribution in [0.25, 0.3) is 16.8 Å². The fourth-order valence-electron chi connectivity index (χ4n) is 3.65. The largest absolute Gasteiger partial charge is 0.387 e. The van der Waals surface area contributed by atoms with Gasteiger partial charge in [0.15, 0.2) is 0 Å². The van der Waals surface area contributed by atoms with Gasteiger partial charge in [0, 0.05) is 18.0 Å². The van der Waals surface area contributed by atoms with Gasteiger partial charge in [-0.1, -0.05) is 48.0 Å². The van der Waals surface area contributed by atoms with E-state index >= 15 is 0 Å². The maximum Gasteiger partial charge on any atom is 0.276 e. The summed E-state index contributed by atoms with van der Waals surface area (Å²) in [5.41, 5.74) is 6.22. The molecular formula is C23H23N3O2. The predicted octanol–water partition coefficient (Wildman–Crippen LogP) is 3.82. The van der Waals surface area contributed by atoms with Crippen LogP contribution >= 0.6 is 0 Å². The molecule has 0 aliphatic carbocycles. The number of nitrogens with zero attached hydrogens (tertiary/aromatic N) is 3. The van der Waals surface area contributed by atoms with Gasteiger partial charge in [-0.2, -0.15) is 5.10 Å². The van der Waals surface area contributed by atoms with Crippen LogP contribution in [0.2, 0.25) is 0 Å². The van der Waals surface area contributed by atoms with Gasteiger partial charge < -0.3 is 9.67 Å². The molecule has 1 atom stereocenters. The Morgan fingerprint density at radius 1 is 1.00 bits per heavy atom. The molecule has 2 heterocycles. The molecule has 0 bridgehead atoms. The number of hydrogen-bond donors (Lipinski definition) is 1. The van der Waals surface area contributed by atoms with Crippen LogP contribution in [0.3, 0.4) is 0 Å². The van der Waals surface area contributed by atoms with E-state index in [9.17, 15) is 9.90 Å². The molecule has 0 aliphatic rings. The highest BCUT2D eigenvalue weighted by molar-refractivity contribution is 5.68. The highest BCUT2D eigenvalue weighted by atomic mass is 16.3. The second-order valence-electron chi connectivity index (χ2n) is 7.31. The van der Waals surface area contributed by atoms with Crippen molar-refractivity contribution in [2.45, 2.75) is 33.4 Å². The van der Waals surface area contributed by atoms with Gasteiger partial charge in [0.25, 0.3) is 5.56 Å². The number of aliphatic hydroxyl groups excluding tert-OH is 1. The van der Waals surface area contributed by atoms with E-state index in [2.05, 4.69) is 5.10 Å². The zero-order valence-corrected chi connectivity index (χ0v) is 16.3. The molecule has 0 fully saturated rings. The molecule has 0 radical (unpaired) electrons. The molecule has 0 saturated heterocycles.